The van der Waals surface area contributed by atoms with Crippen LogP contribution in [0.2, 0.25) is 10.0 Å². The molecule has 0 radical (unpaired) electrons. The number of nitrogens with zero attached hydrogens (tertiary/aromatic N) is 1. The van der Waals surface area contributed by atoms with E-state index >= 15 is 0 Å². The molecule has 0 spiro atoms. The minimum atomic E-state index is -0.107. The topological polar surface area (TPSA) is 30.0 Å². The smallest absolute Gasteiger partial charge is 0.197 e. The summed E-state index contributed by atoms with van der Waals surface area (Å²) in [5.41, 5.74) is 3.56. The van der Waals surface area contributed by atoms with Crippen molar-refractivity contribution in [2.75, 3.05) is 0 Å². The lowest BCUT2D eigenvalue weighted by Crippen LogP contribution is -1.93. The summed E-state index contributed by atoms with van der Waals surface area (Å²) in [7, 11) is 0. The van der Waals surface area contributed by atoms with Gasteiger partial charge in [-0.05, 0) is 38.1 Å². The first kappa shape index (κ1) is 17.9. The van der Waals surface area contributed by atoms with Crippen LogP contribution in [0, 0.1) is 13.8 Å². The fraction of sp³-hybridized carbons (Fsp3) is 0.100. The van der Waals surface area contributed by atoms with Gasteiger partial charge in [0.15, 0.2) is 5.78 Å². The lowest BCUT2D eigenvalue weighted by Gasteiger charge is -2.00. The van der Waals surface area contributed by atoms with Gasteiger partial charge in [-0.25, -0.2) is 4.98 Å². The highest BCUT2D eigenvalue weighted by atomic mass is 35.5. The average molecular weight is 388 g/mol. The van der Waals surface area contributed by atoms with Crippen LogP contribution in [0.15, 0.2) is 48.5 Å². The van der Waals surface area contributed by atoms with Crippen molar-refractivity contribution < 1.29 is 4.79 Å². The Morgan fingerprint density at radius 3 is 2.32 bits per heavy atom. The molecule has 0 fully saturated rings. The van der Waals surface area contributed by atoms with Gasteiger partial charge in [-0.15, -0.1) is 11.3 Å². The molecule has 2 aromatic carbocycles. The molecular formula is C20H15Cl2NOS. The number of aryl methyl sites for hydroxylation is 2. The number of carbonyl (C=O) groups is 1. The molecule has 3 aromatic rings. The van der Waals surface area contributed by atoms with Crippen molar-refractivity contribution in [1.82, 2.24) is 4.98 Å². The quantitative estimate of drug-likeness (QED) is 0.371. The molecule has 0 aliphatic heterocycles. The Bertz CT molecular complexity index is 938. The number of rotatable bonds is 4. The summed E-state index contributed by atoms with van der Waals surface area (Å²) in [6.07, 6.45) is 3.14. The largest absolute Gasteiger partial charge is 0.288 e. The number of hydrogen-bond donors (Lipinski definition) is 0. The Hall–Kier alpha value is -1.94. The molecule has 5 heteroatoms. The van der Waals surface area contributed by atoms with E-state index in [0.29, 0.717) is 20.5 Å². The highest BCUT2D eigenvalue weighted by molar-refractivity contribution is 7.17. The maximum absolute atomic E-state index is 12.6. The fourth-order valence-electron chi connectivity index (χ4n) is 2.35. The van der Waals surface area contributed by atoms with Crippen molar-refractivity contribution >= 4 is 46.4 Å². The van der Waals surface area contributed by atoms with Crippen molar-refractivity contribution in [2.45, 2.75) is 13.8 Å². The summed E-state index contributed by atoms with van der Waals surface area (Å²) in [5, 5.41) is 1.86. The van der Waals surface area contributed by atoms with Crippen molar-refractivity contribution in [1.29, 1.82) is 0 Å². The molecule has 0 aliphatic carbocycles. The van der Waals surface area contributed by atoms with Gasteiger partial charge in [0, 0.05) is 21.2 Å². The lowest BCUT2D eigenvalue weighted by atomic mass is 10.1. The minimum Gasteiger partial charge on any atom is -0.288 e. The van der Waals surface area contributed by atoms with E-state index in [2.05, 4.69) is 4.98 Å². The van der Waals surface area contributed by atoms with E-state index < -0.39 is 0 Å². The second kappa shape index (κ2) is 7.52. The standard InChI is InChI=1S/C20H15Cl2NOS/c1-12-6-8-14(9-7-12)20-23-13(2)19(25-20)18(24)11-10-15-16(21)4-3-5-17(15)22/h3-11H,1-2H3/b11-10+. The second-order valence-corrected chi connectivity index (χ2v) is 7.45. The fourth-order valence-corrected chi connectivity index (χ4v) is 3.86. The molecule has 2 nitrogen and oxygen atoms in total. The Kier molecular flexibility index (Phi) is 5.38. The zero-order valence-corrected chi connectivity index (χ0v) is 16.0. The van der Waals surface area contributed by atoms with E-state index in [1.807, 2.05) is 38.1 Å². The minimum absolute atomic E-state index is 0.107. The summed E-state index contributed by atoms with van der Waals surface area (Å²) in [4.78, 5) is 17.7. The summed E-state index contributed by atoms with van der Waals surface area (Å²) in [5.74, 6) is -0.107. The molecular weight excluding hydrogens is 373 g/mol. The molecule has 0 saturated heterocycles. The Balaban J connectivity index is 1.88. The predicted molar refractivity (Wildman–Crippen MR) is 107 cm³/mol. The van der Waals surface area contributed by atoms with E-state index in [4.69, 9.17) is 23.2 Å². The zero-order chi connectivity index (χ0) is 18.0. The molecule has 3 rings (SSSR count). The van der Waals surface area contributed by atoms with Gasteiger partial charge in [-0.2, -0.15) is 0 Å². The summed E-state index contributed by atoms with van der Waals surface area (Å²) in [6, 6.07) is 13.4. The Morgan fingerprint density at radius 1 is 1.04 bits per heavy atom. The molecule has 0 aliphatic rings. The summed E-state index contributed by atoms with van der Waals surface area (Å²) in [6.45, 7) is 3.88. The van der Waals surface area contributed by atoms with Gasteiger partial charge in [0.2, 0.25) is 0 Å². The van der Waals surface area contributed by atoms with E-state index in [-0.39, 0.29) is 5.78 Å². The van der Waals surface area contributed by atoms with Crippen LogP contribution in [0.25, 0.3) is 16.6 Å². The molecule has 0 unspecified atom stereocenters. The normalized spacial score (nSPS) is 11.2. The first-order valence-electron chi connectivity index (χ1n) is 7.66. The maximum atomic E-state index is 12.6. The third-order valence-electron chi connectivity index (χ3n) is 3.72. The molecule has 0 amide bonds. The van der Waals surface area contributed by atoms with Crippen LogP contribution in [-0.2, 0) is 0 Å². The van der Waals surface area contributed by atoms with Gasteiger partial charge in [-0.1, -0.05) is 59.1 Å². The van der Waals surface area contributed by atoms with Gasteiger partial charge in [0.1, 0.15) is 5.01 Å². The molecule has 126 valence electrons. The molecule has 1 heterocycles. The number of benzene rings is 2. The number of allylic oxidation sites excluding steroid dienone is 1. The number of thiazole rings is 1. The van der Waals surface area contributed by atoms with Crippen LogP contribution in [0.3, 0.4) is 0 Å². The van der Waals surface area contributed by atoms with Gasteiger partial charge in [0.25, 0.3) is 0 Å². The maximum Gasteiger partial charge on any atom is 0.197 e. The first-order chi connectivity index (χ1) is 12.0. The number of aromatic nitrogens is 1. The highest BCUT2D eigenvalue weighted by Crippen LogP contribution is 2.30. The SMILES string of the molecule is Cc1ccc(-c2nc(C)c(C(=O)/C=C/c3c(Cl)cccc3Cl)s2)cc1. The van der Waals surface area contributed by atoms with Gasteiger partial charge in [0.05, 0.1) is 10.6 Å². The molecule has 0 N–H and O–H groups in total. The van der Waals surface area contributed by atoms with Crippen molar-refractivity contribution in [3.05, 3.63) is 80.3 Å². The number of halogens is 2. The van der Waals surface area contributed by atoms with Gasteiger partial charge >= 0.3 is 0 Å². The Morgan fingerprint density at radius 2 is 1.68 bits per heavy atom. The van der Waals surface area contributed by atoms with E-state index in [1.165, 1.54) is 23.0 Å². The zero-order valence-electron chi connectivity index (χ0n) is 13.7. The third kappa shape index (κ3) is 4.01. The highest BCUT2D eigenvalue weighted by Gasteiger charge is 2.14. The third-order valence-corrected chi connectivity index (χ3v) is 5.60. The molecule has 0 saturated carbocycles. The number of ketones is 1. The van der Waals surface area contributed by atoms with Crippen molar-refractivity contribution in [3.8, 4) is 10.6 Å². The van der Waals surface area contributed by atoms with Gasteiger partial charge < -0.3 is 0 Å². The Labute approximate surface area is 160 Å². The lowest BCUT2D eigenvalue weighted by molar-refractivity contribution is 0.105. The molecule has 25 heavy (non-hydrogen) atoms. The summed E-state index contributed by atoms with van der Waals surface area (Å²) < 4.78 is 0. The first-order valence-corrected chi connectivity index (χ1v) is 9.24. The van der Waals surface area contributed by atoms with Crippen LogP contribution in [0.4, 0.5) is 0 Å². The molecule has 1 aromatic heterocycles. The van der Waals surface area contributed by atoms with Crippen LogP contribution in [0.5, 0.6) is 0 Å². The molecule has 0 atom stereocenters. The molecule has 0 bridgehead atoms. The van der Waals surface area contributed by atoms with Crippen LogP contribution in [-0.4, -0.2) is 10.8 Å². The van der Waals surface area contributed by atoms with E-state index in [9.17, 15) is 4.79 Å². The second-order valence-electron chi connectivity index (χ2n) is 5.63. The average Bonchev–Trinajstić information content (AvgIpc) is 2.97. The predicted octanol–water partition coefficient (Wildman–Crippen LogP) is 6.63. The van der Waals surface area contributed by atoms with Gasteiger partial charge in [-0.3, -0.25) is 4.79 Å². The van der Waals surface area contributed by atoms with Crippen molar-refractivity contribution in [2.24, 2.45) is 0 Å². The van der Waals surface area contributed by atoms with Crippen LogP contribution < -0.4 is 0 Å². The monoisotopic (exact) mass is 387 g/mol. The number of carbonyl (C=O) groups excluding carboxylic acids is 1. The summed E-state index contributed by atoms with van der Waals surface area (Å²) >= 11 is 13.7. The number of hydrogen-bond acceptors (Lipinski definition) is 3. The van der Waals surface area contributed by atoms with E-state index in [1.54, 1.807) is 24.3 Å². The van der Waals surface area contributed by atoms with Crippen LogP contribution >= 0.6 is 34.5 Å². The van der Waals surface area contributed by atoms with Crippen LogP contribution in [0.1, 0.15) is 26.5 Å². The van der Waals surface area contributed by atoms with E-state index in [0.717, 1.165) is 16.3 Å². The van der Waals surface area contributed by atoms with Crippen molar-refractivity contribution in [3.63, 3.8) is 0 Å².